The molecule has 3 aromatic carbocycles. The first kappa shape index (κ1) is 19.3. The number of hydrogen-bond donors (Lipinski definition) is 1. The molecular formula is C26H28N2O2. The average Bonchev–Trinajstić information content (AvgIpc) is 2.80. The summed E-state index contributed by atoms with van der Waals surface area (Å²) in [5.41, 5.74) is 5.42. The second-order valence-electron chi connectivity index (χ2n) is 8.78. The largest absolute Gasteiger partial charge is 0.378 e. The highest BCUT2D eigenvalue weighted by Gasteiger charge is 2.27. The fourth-order valence-corrected chi connectivity index (χ4v) is 4.97. The Hall–Kier alpha value is -2.72. The number of piperidine rings is 1. The smallest absolute Gasteiger partial charge is 0.250 e. The van der Waals surface area contributed by atoms with Crippen LogP contribution in [-0.4, -0.2) is 24.0 Å². The van der Waals surface area contributed by atoms with Crippen molar-refractivity contribution in [1.82, 2.24) is 4.90 Å². The maximum absolute atomic E-state index is 12.4. The van der Waals surface area contributed by atoms with Crippen LogP contribution in [0.25, 0.3) is 11.1 Å². The summed E-state index contributed by atoms with van der Waals surface area (Å²) in [6.45, 7) is 2.96. The number of anilines is 1. The van der Waals surface area contributed by atoms with Gasteiger partial charge in [-0.15, -0.1) is 0 Å². The number of hydrogen-bond acceptors (Lipinski definition) is 4. The molecule has 3 aromatic rings. The summed E-state index contributed by atoms with van der Waals surface area (Å²) in [7, 11) is 0. The van der Waals surface area contributed by atoms with E-state index in [0.717, 1.165) is 50.9 Å². The molecule has 4 heteroatoms. The predicted molar refractivity (Wildman–Crippen MR) is 122 cm³/mol. The molecule has 1 N–H and O–H groups in total. The predicted octanol–water partition coefficient (Wildman–Crippen LogP) is 3.90. The van der Waals surface area contributed by atoms with E-state index in [9.17, 15) is 9.59 Å². The number of fused-ring (bicyclic) bond motifs is 1. The Bertz CT molecular complexity index is 1100. The van der Waals surface area contributed by atoms with Crippen LogP contribution in [0, 0.1) is 0 Å². The van der Waals surface area contributed by atoms with Crippen LogP contribution in [0.3, 0.4) is 0 Å². The molecule has 1 aliphatic heterocycles. The molecule has 0 aromatic heterocycles. The maximum Gasteiger partial charge on any atom is 0.250 e. The third-order valence-electron chi connectivity index (χ3n) is 6.73. The molecule has 154 valence electrons. The second-order valence-corrected chi connectivity index (χ2v) is 8.78. The van der Waals surface area contributed by atoms with Crippen LogP contribution >= 0.6 is 0 Å². The number of rotatable bonds is 5. The van der Waals surface area contributed by atoms with E-state index < -0.39 is 0 Å². The quantitative estimate of drug-likeness (QED) is 0.660. The monoisotopic (exact) mass is 400 g/mol. The number of benzene rings is 2. The van der Waals surface area contributed by atoms with E-state index in [2.05, 4.69) is 46.6 Å². The van der Waals surface area contributed by atoms with Gasteiger partial charge in [-0.05, 0) is 60.8 Å². The highest BCUT2D eigenvalue weighted by Crippen LogP contribution is 2.30. The van der Waals surface area contributed by atoms with Crippen molar-refractivity contribution in [1.29, 1.82) is 0 Å². The molecule has 1 fully saturated rings. The molecule has 1 heterocycles. The van der Waals surface area contributed by atoms with Crippen molar-refractivity contribution in [2.24, 2.45) is 0 Å². The number of nitrogens with zero attached hydrogens (tertiary/aromatic N) is 1. The first-order valence-corrected chi connectivity index (χ1v) is 11.2. The Balaban J connectivity index is 1.26. The van der Waals surface area contributed by atoms with Crippen LogP contribution in [0.4, 0.5) is 5.69 Å². The van der Waals surface area contributed by atoms with Gasteiger partial charge in [-0.25, -0.2) is 0 Å². The molecule has 1 aliphatic carbocycles. The van der Waals surface area contributed by atoms with Gasteiger partial charge in [0, 0.05) is 25.7 Å². The lowest BCUT2D eigenvalue weighted by molar-refractivity contribution is 0.211. The topological polar surface area (TPSA) is 49.4 Å². The summed E-state index contributed by atoms with van der Waals surface area (Å²) in [4.78, 5) is 27.2. The summed E-state index contributed by atoms with van der Waals surface area (Å²) in [5.74, 6) is 0. The van der Waals surface area contributed by atoms with E-state index in [4.69, 9.17) is 0 Å². The number of nitrogens with one attached hydrogen (secondary N) is 1. The van der Waals surface area contributed by atoms with Crippen LogP contribution in [0.2, 0.25) is 0 Å². The van der Waals surface area contributed by atoms with Crippen molar-refractivity contribution >= 4 is 5.69 Å². The molecule has 0 atom stereocenters. The van der Waals surface area contributed by atoms with Crippen LogP contribution in [0.5, 0.6) is 0 Å². The van der Waals surface area contributed by atoms with Crippen LogP contribution in [-0.2, 0) is 19.4 Å². The first-order valence-electron chi connectivity index (χ1n) is 11.2. The van der Waals surface area contributed by atoms with E-state index >= 15 is 0 Å². The van der Waals surface area contributed by atoms with E-state index in [-0.39, 0.29) is 16.9 Å². The van der Waals surface area contributed by atoms with Crippen molar-refractivity contribution in [2.45, 2.75) is 51.1 Å². The molecule has 0 spiro atoms. The lowest BCUT2D eigenvalue weighted by atomic mass is 9.87. The zero-order chi connectivity index (χ0) is 20.5. The molecule has 2 aliphatic rings. The van der Waals surface area contributed by atoms with E-state index in [0.29, 0.717) is 11.3 Å². The number of likely N-dealkylation sites (tertiary alicyclic amines) is 1. The zero-order valence-corrected chi connectivity index (χ0v) is 17.3. The Morgan fingerprint density at radius 2 is 1.60 bits per heavy atom. The molecule has 30 heavy (non-hydrogen) atoms. The lowest BCUT2D eigenvalue weighted by Crippen LogP contribution is -2.43. The minimum atomic E-state index is -0.352. The van der Waals surface area contributed by atoms with Crippen molar-refractivity contribution in [3.63, 3.8) is 0 Å². The van der Waals surface area contributed by atoms with Gasteiger partial charge in [0.2, 0.25) is 10.9 Å². The molecule has 0 amide bonds. The summed E-state index contributed by atoms with van der Waals surface area (Å²) in [6.07, 6.45) is 6.59. The van der Waals surface area contributed by atoms with Crippen molar-refractivity contribution < 1.29 is 0 Å². The van der Waals surface area contributed by atoms with Crippen LogP contribution in [0.1, 0.15) is 42.4 Å². The van der Waals surface area contributed by atoms with Gasteiger partial charge < -0.3 is 5.32 Å². The van der Waals surface area contributed by atoms with Crippen molar-refractivity contribution in [3.8, 4) is 11.1 Å². The van der Waals surface area contributed by atoms with Crippen molar-refractivity contribution in [3.05, 3.63) is 85.7 Å². The third kappa shape index (κ3) is 3.72. The molecule has 5 rings (SSSR count). The van der Waals surface area contributed by atoms with Gasteiger partial charge in [-0.3, -0.25) is 14.5 Å². The number of aryl methyl sites for hydroxylation is 2. The molecule has 4 nitrogen and oxygen atoms in total. The highest BCUT2D eigenvalue weighted by atomic mass is 16.2. The van der Waals surface area contributed by atoms with Gasteiger partial charge in [0.15, 0.2) is 0 Å². The van der Waals surface area contributed by atoms with Crippen LogP contribution in [0.15, 0.2) is 58.1 Å². The summed E-state index contributed by atoms with van der Waals surface area (Å²) in [5, 5.41) is 3.43. The fraction of sp³-hybridized carbons (Fsp3) is 0.385. The van der Waals surface area contributed by atoms with Gasteiger partial charge >= 0.3 is 0 Å². The molecule has 0 saturated carbocycles. The Morgan fingerprint density at radius 1 is 0.867 bits per heavy atom. The van der Waals surface area contributed by atoms with E-state index in [1.165, 1.54) is 29.5 Å². The molecule has 1 saturated heterocycles. The standard InChI is InChI=1S/C26H28N2O2/c29-25-23(21-11-10-19-8-4-5-9-20(19)16-21)24(26(25)30)27-22-12-14-28(15-13-22)17-18-6-2-1-3-7-18/h1-3,6-7,10-11,16,22,27H,4-5,8-9,12-15,17H2. The normalized spacial score (nSPS) is 17.7. The maximum atomic E-state index is 12.4. The second kappa shape index (κ2) is 8.19. The summed E-state index contributed by atoms with van der Waals surface area (Å²) >= 11 is 0. The van der Waals surface area contributed by atoms with Gasteiger partial charge in [-0.1, -0.05) is 48.5 Å². The average molecular weight is 401 g/mol. The van der Waals surface area contributed by atoms with Crippen molar-refractivity contribution in [2.75, 3.05) is 18.4 Å². The third-order valence-corrected chi connectivity index (χ3v) is 6.73. The van der Waals surface area contributed by atoms with E-state index in [1.807, 2.05) is 12.1 Å². The van der Waals surface area contributed by atoms with Gasteiger partial charge in [-0.2, -0.15) is 0 Å². The molecular weight excluding hydrogens is 372 g/mol. The minimum absolute atomic E-state index is 0.247. The highest BCUT2D eigenvalue weighted by molar-refractivity contribution is 5.82. The lowest BCUT2D eigenvalue weighted by Gasteiger charge is -2.33. The Kier molecular flexibility index (Phi) is 5.26. The molecule has 0 unspecified atom stereocenters. The molecule has 0 radical (unpaired) electrons. The SMILES string of the molecule is O=c1c(NC2CCN(Cc3ccccc3)CC2)c(-c2ccc3c(c2)CCCC3)c1=O. The summed E-state index contributed by atoms with van der Waals surface area (Å²) in [6, 6.07) is 17.1. The fourth-order valence-electron chi connectivity index (χ4n) is 4.97. The van der Waals surface area contributed by atoms with Gasteiger partial charge in [0.25, 0.3) is 0 Å². The van der Waals surface area contributed by atoms with Gasteiger partial charge in [0.05, 0.1) is 11.3 Å². The summed E-state index contributed by atoms with van der Waals surface area (Å²) < 4.78 is 0. The van der Waals surface area contributed by atoms with E-state index in [1.54, 1.807) is 0 Å². The van der Waals surface area contributed by atoms with Crippen LogP contribution < -0.4 is 16.2 Å². The Labute approximate surface area is 177 Å². The Morgan fingerprint density at radius 3 is 2.37 bits per heavy atom. The minimum Gasteiger partial charge on any atom is -0.378 e. The van der Waals surface area contributed by atoms with Gasteiger partial charge in [0.1, 0.15) is 0 Å². The molecule has 0 bridgehead atoms. The first-order chi connectivity index (χ1) is 14.7. The zero-order valence-electron chi connectivity index (χ0n) is 17.3.